The molecule has 0 heterocycles. The minimum absolute atomic E-state index is 0.0107. The molecule has 21 heavy (non-hydrogen) atoms. The minimum Gasteiger partial charge on any atom is -0.484 e. The standard InChI is InChI=1S/C16H22N2O3/c1-10(2)11(3)17-16(19)9-21-13-5-6-14-12(8-13)4-7-15(14)18-20/h5-6,8,10-11,20H,4,7,9H2,1-3H3,(H,17,19)/b18-15+. The zero-order chi connectivity index (χ0) is 15.4. The fraction of sp³-hybridized carbons (Fsp3) is 0.500. The number of carbonyl (C=O) groups is 1. The summed E-state index contributed by atoms with van der Waals surface area (Å²) < 4.78 is 5.53. The van der Waals surface area contributed by atoms with Crippen LogP contribution in [0.3, 0.4) is 0 Å². The fourth-order valence-corrected chi connectivity index (χ4v) is 2.25. The van der Waals surface area contributed by atoms with Gasteiger partial charge < -0.3 is 15.3 Å². The first-order valence-electron chi connectivity index (χ1n) is 7.27. The highest BCUT2D eigenvalue weighted by atomic mass is 16.5. The van der Waals surface area contributed by atoms with Gasteiger partial charge in [-0.05, 0) is 49.4 Å². The lowest BCUT2D eigenvalue weighted by atomic mass is 10.1. The van der Waals surface area contributed by atoms with Crippen molar-refractivity contribution in [1.82, 2.24) is 5.32 Å². The van der Waals surface area contributed by atoms with Crippen LogP contribution in [-0.4, -0.2) is 29.5 Å². The first-order valence-corrected chi connectivity index (χ1v) is 7.27. The molecule has 0 saturated heterocycles. The Morgan fingerprint density at radius 2 is 2.14 bits per heavy atom. The Labute approximate surface area is 125 Å². The topological polar surface area (TPSA) is 70.9 Å². The Balaban J connectivity index is 1.92. The van der Waals surface area contributed by atoms with Crippen LogP contribution in [0.4, 0.5) is 0 Å². The summed E-state index contributed by atoms with van der Waals surface area (Å²) in [4.78, 5) is 11.8. The summed E-state index contributed by atoms with van der Waals surface area (Å²) >= 11 is 0. The summed E-state index contributed by atoms with van der Waals surface area (Å²) in [6, 6.07) is 5.71. The van der Waals surface area contributed by atoms with Crippen molar-refractivity contribution in [2.45, 2.75) is 39.7 Å². The van der Waals surface area contributed by atoms with E-state index in [-0.39, 0.29) is 18.6 Å². The molecule has 0 aliphatic heterocycles. The third kappa shape index (κ3) is 3.74. The predicted octanol–water partition coefficient (Wildman–Crippen LogP) is 2.35. The van der Waals surface area contributed by atoms with Gasteiger partial charge in [0.1, 0.15) is 5.75 Å². The number of hydrogen-bond donors (Lipinski definition) is 2. The summed E-state index contributed by atoms with van der Waals surface area (Å²) in [5.41, 5.74) is 2.76. The highest BCUT2D eigenvalue weighted by Crippen LogP contribution is 2.26. The molecule has 0 spiro atoms. The molecule has 2 rings (SSSR count). The molecule has 1 aliphatic rings. The molecule has 5 nitrogen and oxygen atoms in total. The van der Waals surface area contributed by atoms with Gasteiger partial charge in [0.15, 0.2) is 6.61 Å². The van der Waals surface area contributed by atoms with Crippen molar-refractivity contribution in [3.8, 4) is 5.75 Å². The molecule has 0 aromatic heterocycles. The van der Waals surface area contributed by atoms with Gasteiger partial charge in [-0.3, -0.25) is 4.79 Å². The maximum absolute atomic E-state index is 11.8. The summed E-state index contributed by atoms with van der Waals surface area (Å²) in [5, 5.41) is 15.1. The summed E-state index contributed by atoms with van der Waals surface area (Å²) in [7, 11) is 0. The molecule has 0 fully saturated rings. The van der Waals surface area contributed by atoms with E-state index in [4.69, 9.17) is 9.94 Å². The van der Waals surface area contributed by atoms with Crippen molar-refractivity contribution in [2.24, 2.45) is 11.1 Å². The maximum Gasteiger partial charge on any atom is 0.258 e. The van der Waals surface area contributed by atoms with E-state index < -0.39 is 0 Å². The SMILES string of the molecule is CC(C)C(C)NC(=O)COc1ccc2c(c1)CC/C2=N\O. The van der Waals surface area contributed by atoms with Crippen molar-refractivity contribution in [1.29, 1.82) is 0 Å². The first kappa shape index (κ1) is 15.4. The van der Waals surface area contributed by atoms with Gasteiger partial charge in [-0.15, -0.1) is 0 Å². The summed E-state index contributed by atoms with van der Waals surface area (Å²) in [5.74, 6) is 0.944. The monoisotopic (exact) mass is 290 g/mol. The lowest BCUT2D eigenvalue weighted by molar-refractivity contribution is -0.124. The Morgan fingerprint density at radius 1 is 1.38 bits per heavy atom. The molecule has 1 atom stereocenters. The second-order valence-electron chi connectivity index (χ2n) is 5.75. The summed E-state index contributed by atoms with van der Waals surface area (Å²) in [6.07, 6.45) is 1.57. The lowest BCUT2D eigenvalue weighted by Gasteiger charge is -2.17. The van der Waals surface area contributed by atoms with E-state index in [1.54, 1.807) is 6.07 Å². The Morgan fingerprint density at radius 3 is 2.81 bits per heavy atom. The van der Waals surface area contributed by atoms with Crippen molar-refractivity contribution >= 4 is 11.6 Å². The van der Waals surface area contributed by atoms with Crippen LogP contribution in [0, 0.1) is 5.92 Å². The molecule has 114 valence electrons. The number of carbonyl (C=O) groups excluding carboxylic acids is 1. The smallest absolute Gasteiger partial charge is 0.258 e. The number of benzene rings is 1. The number of ether oxygens (including phenoxy) is 1. The van der Waals surface area contributed by atoms with E-state index in [0.717, 1.165) is 24.0 Å². The molecule has 0 bridgehead atoms. The number of nitrogens with zero attached hydrogens (tertiary/aromatic N) is 1. The Bertz CT molecular complexity index is 552. The van der Waals surface area contributed by atoms with Crippen molar-refractivity contribution in [2.75, 3.05) is 6.61 Å². The molecule has 5 heteroatoms. The molecular formula is C16H22N2O3. The third-order valence-corrected chi connectivity index (χ3v) is 3.90. The molecule has 0 saturated carbocycles. The number of amides is 1. The average Bonchev–Trinajstić information content (AvgIpc) is 2.87. The molecule has 1 amide bonds. The van der Waals surface area contributed by atoms with E-state index in [1.807, 2.05) is 19.1 Å². The van der Waals surface area contributed by atoms with E-state index in [9.17, 15) is 4.79 Å². The van der Waals surface area contributed by atoms with E-state index in [1.165, 1.54) is 0 Å². The normalized spacial score (nSPS) is 16.9. The first-order chi connectivity index (χ1) is 10.0. The van der Waals surface area contributed by atoms with Crippen LogP contribution in [0.25, 0.3) is 0 Å². The van der Waals surface area contributed by atoms with Crippen molar-refractivity contribution in [3.05, 3.63) is 29.3 Å². The number of oxime groups is 1. The van der Waals surface area contributed by atoms with E-state index in [2.05, 4.69) is 24.3 Å². The highest BCUT2D eigenvalue weighted by molar-refractivity contribution is 6.04. The quantitative estimate of drug-likeness (QED) is 0.646. The van der Waals surface area contributed by atoms with Gasteiger partial charge in [0.2, 0.25) is 0 Å². The van der Waals surface area contributed by atoms with Gasteiger partial charge in [0, 0.05) is 11.6 Å². The fourth-order valence-electron chi connectivity index (χ4n) is 2.25. The number of nitrogens with one attached hydrogen (secondary N) is 1. The van der Waals surface area contributed by atoms with Crippen molar-refractivity contribution < 1.29 is 14.7 Å². The predicted molar refractivity (Wildman–Crippen MR) is 81.0 cm³/mol. The van der Waals surface area contributed by atoms with Gasteiger partial charge in [0.05, 0.1) is 5.71 Å². The van der Waals surface area contributed by atoms with Gasteiger partial charge >= 0.3 is 0 Å². The number of rotatable bonds is 5. The maximum atomic E-state index is 11.8. The molecule has 1 aromatic rings. The zero-order valence-electron chi connectivity index (χ0n) is 12.7. The minimum atomic E-state index is -0.116. The Kier molecular flexibility index (Phi) is 4.83. The molecule has 1 unspecified atom stereocenters. The molecule has 1 aromatic carbocycles. The van der Waals surface area contributed by atoms with Crippen LogP contribution in [-0.2, 0) is 11.2 Å². The third-order valence-electron chi connectivity index (χ3n) is 3.90. The highest BCUT2D eigenvalue weighted by Gasteiger charge is 2.19. The summed E-state index contributed by atoms with van der Waals surface area (Å²) in [6.45, 7) is 6.11. The van der Waals surface area contributed by atoms with Crippen LogP contribution >= 0.6 is 0 Å². The van der Waals surface area contributed by atoms with Gasteiger partial charge in [0.25, 0.3) is 5.91 Å². The van der Waals surface area contributed by atoms with Crippen LogP contribution < -0.4 is 10.1 Å². The van der Waals surface area contributed by atoms with Crippen LogP contribution in [0.1, 0.15) is 38.3 Å². The molecule has 2 N–H and O–H groups in total. The molecular weight excluding hydrogens is 268 g/mol. The second-order valence-corrected chi connectivity index (χ2v) is 5.75. The van der Waals surface area contributed by atoms with Crippen molar-refractivity contribution in [3.63, 3.8) is 0 Å². The second kappa shape index (κ2) is 6.61. The van der Waals surface area contributed by atoms with Gasteiger partial charge in [-0.25, -0.2) is 0 Å². The van der Waals surface area contributed by atoms with Crippen LogP contribution in [0.2, 0.25) is 0 Å². The molecule has 0 radical (unpaired) electrons. The van der Waals surface area contributed by atoms with Gasteiger partial charge in [-0.1, -0.05) is 19.0 Å². The lowest BCUT2D eigenvalue weighted by Crippen LogP contribution is -2.38. The van der Waals surface area contributed by atoms with Crippen LogP contribution in [0.5, 0.6) is 5.75 Å². The number of hydrogen-bond acceptors (Lipinski definition) is 4. The Hall–Kier alpha value is -2.04. The largest absolute Gasteiger partial charge is 0.484 e. The van der Waals surface area contributed by atoms with Gasteiger partial charge in [-0.2, -0.15) is 0 Å². The van der Waals surface area contributed by atoms with Crippen LogP contribution in [0.15, 0.2) is 23.4 Å². The zero-order valence-corrected chi connectivity index (χ0v) is 12.7. The number of fused-ring (bicyclic) bond motifs is 1. The average molecular weight is 290 g/mol. The van der Waals surface area contributed by atoms with E-state index >= 15 is 0 Å². The number of aryl methyl sites for hydroxylation is 1. The molecule has 1 aliphatic carbocycles. The van der Waals surface area contributed by atoms with E-state index in [0.29, 0.717) is 17.4 Å².